The highest BCUT2D eigenvalue weighted by Gasteiger charge is 2.20. The number of halogens is 1. The molecule has 0 spiro atoms. The predicted octanol–water partition coefficient (Wildman–Crippen LogP) is 2.92. The number of aromatic nitrogens is 1. The Kier molecular flexibility index (Phi) is 5.83. The van der Waals surface area contributed by atoms with Gasteiger partial charge < -0.3 is 20.7 Å². The topological polar surface area (TPSA) is 94.2 Å². The van der Waals surface area contributed by atoms with Gasteiger partial charge in [0.15, 0.2) is 0 Å². The van der Waals surface area contributed by atoms with Gasteiger partial charge in [0.25, 0.3) is 0 Å². The molecule has 6 nitrogen and oxygen atoms in total. The fourth-order valence-electron chi connectivity index (χ4n) is 2.90. The van der Waals surface area contributed by atoms with Gasteiger partial charge in [-0.25, -0.2) is 4.39 Å². The predicted molar refractivity (Wildman–Crippen MR) is 101 cm³/mol. The molecule has 0 aliphatic carbocycles. The summed E-state index contributed by atoms with van der Waals surface area (Å²) in [7, 11) is 0. The molecule has 0 bridgehead atoms. The second kappa shape index (κ2) is 8.46. The van der Waals surface area contributed by atoms with Crippen LogP contribution in [-0.2, 0) is 16.0 Å². The zero-order chi connectivity index (χ0) is 19.2. The lowest BCUT2D eigenvalue weighted by atomic mass is 10.1. The first-order chi connectivity index (χ1) is 13.0. The van der Waals surface area contributed by atoms with Crippen LogP contribution in [0, 0.1) is 5.82 Å². The van der Waals surface area contributed by atoms with Crippen LogP contribution in [0.3, 0.4) is 0 Å². The van der Waals surface area contributed by atoms with Gasteiger partial charge in [-0.2, -0.15) is 0 Å². The van der Waals surface area contributed by atoms with Crippen molar-refractivity contribution in [1.29, 1.82) is 0 Å². The molecule has 1 atom stereocenters. The van der Waals surface area contributed by atoms with E-state index in [4.69, 9.17) is 0 Å². The maximum absolute atomic E-state index is 12.9. The molecule has 0 saturated carbocycles. The van der Waals surface area contributed by atoms with Crippen LogP contribution in [-0.4, -0.2) is 34.6 Å². The van der Waals surface area contributed by atoms with Crippen LogP contribution in [0.4, 0.5) is 10.1 Å². The number of nitrogens with one attached hydrogen (secondary N) is 3. The summed E-state index contributed by atoms with van der Waals surface area (Å²) in [4.78, 5) is 26.7. The van der Waals surface area contributed by atoms with Gasteiger partial charge in [-0.15, -0.1) is 0 Å². The maximum Gasteiger partial charge on any atom is 0.321 e. The van der Waals surface area contributed by atoms with Gasteiger partial charge in [0.05, 0.1) is 6.42 Å². The number of benzene rings is 2. The molecule has 0 unspecified atom stereocenters. The summed E-state index contributed by atoms with van der Waals surface area (Å²) in [5.41, 5.74) is 2.53. The number of carbonyl (C=O) groups is 2. The van der Waals surface area contributed by atoms with Crippen molar-refractivity contribution in [1.82, 2.24) is 10.3 Å². The van der Waals surface area contributed by atoms with Crippen molar-refractivity contribution < 1.29 is 19.1 Å². The largest absolute Gasteiger partial charge is 0.480 e. The van der Waals surface area contributed by atoms with Gasteiger partial charge in [0, 0.05) is 29.3 Å². The molecule has 1 aromatic heterocycles. The molecular weight excluding hydrogens is 349 g/mol. The highest BCUT2D eigenvalue weighted by atomic mass is 19.1. The summed E-state index contributed by atoms with van der Waals surface area (Å²) >= 11 is 0. The van der Waals surface area contributed by atoms with Crippen LogP contribution in [0.25, 0.3) is 10.9 Å². The lowest BCUT2D eigenvalue weighted by molar-refractivity contribution is -0.141. The van der Waals surface area contributed by atoms with Crippen molar-refractivity contribution in [3.05, 3.63) is 66.1 Å². The molecule has 0 aliphatic heterocycles. The van der Waals surface area contributed by atoms with E-state index in [1.54, 1.807) is 0 Å². The van der Waals surface area contributed by atoms with Crippen LogP contribution < -0.4 is 10.6 Å². The Bertz CT molecular complexity index is 937. The lowest BCUT2D eigenvalue weighted by Gasteiger charge is -2.14. The molecule has 7 heteroatoms. The Morgan fingerprint density at radius 2 is 1.85 bits per heavy atom. The molecule has 1 amide bonds. The fourth-order valence-corrected chi connectivity index (χ4v) is 2.90. The summed E-state index contributed by atoms with van der Waals surface area (Å²) < 4.78 is 12.9. The molecule has 0 radical (unpaired) electrons. The summed E-state index contributed by atoms with van der Waals surface area (Å²) in [6.07, 6.45) is 2.32. The molecule has 1 heterocycles. The summed E-state index contributed by atoms with van der Waals surface area (Å²) in [5.74, 6) is -1.95. The fraction of sp³-hybridized carbons (Fsp3) is 0.200. The molecule has 0 fully saturated rings. The number of carboxylic acid groups (broad SMARTS) is 1. The highest BCUT2D eigenvalue weighted by molar-refractivity contribution is 5.94. The minimum absolute atomic E-state index is 0.222. The maximum atomic E-state index is 12.9. The number of amides is 1. The van der Waals surface area contributed by atoms with Crippen molar-refractivity contribution in [2.45, 2.75) is 18.9 Å². The van der Waals surface area contributed by atoms with Gasteiger partial charge in [0.2, 0.25) is 5.91 Å². The molecule has 2 aromatic carbocycles. The smallest absolute Gasteiger partial charge is 0.321 e. The quantitative estimate of drug-likeness (QED) is 0.491. The lowest BCUT2D eigenvalue weighted by Crippen LogP contribution is -2.40. The van der Waals surface area contributed by atoms with Crippen molar-refractivity contribution >= 4 is 28.5 Å². The minimum atomic E-state index is -1.09. The first-order valence-corrected chi connectivity index (χ1v) is 8.59. The monoisotopic (exact) mass is 369 g/mol. The zero-order valence-corrected chi connectivity index (χ0v) is 14.5. The zero-order valence-electron chi connectivity index (χ0n) is 14.5. The van der Waals surface area contributed by atoms with Crippen LogP contribution >= 0.6 is 0 Å². The molecular formula is C20H20FN3O3. The van der Waals surface area contributed by atoms with Gasteiger partial charge in [-0.3, -0.25) is 9.59 Å². The number of H-pyrrole nitrogens is 1. The van der Waals surface area contributed by atoms with Crippen molar-refractivity contribution in [2.24, 2.45) is 0 Å². The third kappa shape index (κ3) is 4.92. The molecule has 27 heavy (non-hydrogen) atoms. The van der Waals surface area contributed by atoms with Crippen molar-refractivity contribution in [2.75, 3.05) is 11.9 Å². The van der Waals surface area contributed by atoms with Crippen molar-refractivity contribution in [3.8, 4) is 0 Å². The van der Waals surface area contributed by atoms with E-state index in [1.165, 1.54) is 24.3 Å². The summed E-state index contributed by atoms with van der Waals surface area (Å²) in [6, 6.07) is 12.2. The Balaban J connectivity index is 1.53. The summed E-state index contributed by atoms with van der Waals surface area (Å²) in [5, 5.41) is 15.9. The van der Waals surface area contributed by atoms with E-state index in [1.807, 2.05) is 30.5 Å². The number of anilines is 1. The van der Waals surface area contributed by atoms with E-state index in [-0.39, 0.29) is 6.42 Å². The van der Waals surface area contributed by atoms with Crippen LogP contribution in [0.5, 0.6) is 0 Å². The van der Waals surface area contributed by atoms with E-state index in [2.05, 4.69) is 15.6 Å². The first kappa shape index (κ1) is 18.6. The minimum Gasteiger partial charge on any atom is -0.480 e. The van der Waals surface area contributed by atoms with Gasteiger partial charge in [-0.05, 0) is 42.3 Å². The summed E-state index contributed by atoms with van der Waals surface area (Å²) in [6.45, 7) is 0.419. The van der Waals surface area contributed by atoms with Crippen LogP contribution in [0.1, 0.15) is 12.0 Å². The average molecular weight is 369 g/mol. The van der Waals surface area contributed by atoms with Gasteiger partial charge >= 0.3 is 5.97 Å². The van der Waals surface area contributed by atoms with Gasteiger partial charge in [0.1, 0.15) is 11.9 Å². The molecule has 140 valence electrons. The van der Waals surface area contributed by atoms with E-state index in [0.717, 1.165) is 16.5 Å². The van der Waals surface area contributed by atoms with E-state index >= 15 is 0 Å². The number of fused-ring (bicyclic) bond motifs is 1. The third-order valence-electron chi connectivity index (χ3n) is 4.28. The normalized spacial score (nSPS) is 12.0. The van der Waals surface area contributed by atoms with E-state index in [9.17, 15) is 19.1 Å². The Morgan fingerprint density at radius 3 is 2.59 bits per heavy atom. The molecule has 4 N–H and O–H groups in total. The third-order valence-corrected chi connectivity index (χ3v) is 4.28. The van der Waals surface area contributed by atoms with Gasteiger partial charge in [-0.1, -0.05) is 18.2 Å². The number of carboxylic acids is 1. The average Bonchev–Trinajstić information content (AvgIpc) is 3.06. The van der Waals surface area contributed by atoms with E-state index < -0.39 is 23.7 Å². The molecule has 3 rings (SSSR count). The van der Waals surface area contributed by atoms with Crippen LogP contribution in [0.15, 0.2) is 54.7 Å². The number of aliphatic carboxylic acids is 1. The molecule has 3 aromatic rings. The number of aromatic amines is 1. The standard InChI is InChI=1S/C20H20FN3O3/c21-14-5-7-15(8-6-14)24-19(25)11-18(20(26)27)22-10-9-13-12-23-17-4-2-1-3-16(13)17/h1-8,12,18,22-23H,9-11H2,(H,24,25)(H,26,27)/t18-/m0/s1. The first-order valence-electron chi connectivity index (χ1n) is 8.59. The SMILES string of the molecule is O=C(C[C@H](NCCc1c[nH]c2ccccc12)C(=O)O)Nc1ccc(F)cc1. The Hall–Kier alpha value is -3.19. The highest BCUT2D eigenvalue weighted by Crippen LogP contribution is 2.17. The number of hydrogen-bond acceptors (Lipinski definition) is 3. The van der Waals surface area contributed by atoms with E-state index in [0.29, 0.717) is 18.7 Å². The molecule has 0 saturated heterocycles. The number of hydrogen-bond donors (Lipinski definition) is 4. The molecule has 0 aliphatic rings. The number of carbonyl (C=O) groups excluding carboxylic acids is 1. The second-order valence-corrected chi connectivity index (χ2v) is 6.21. The Labute approximate surface area is 155 Å². The number of rotatable bonds is 8. The van der Waals surface area contributed by atoms with Crippen LogP contribution in [0.2, 0.25) is 0 Å². The number of para-hydroxylation sites is 1. The Morgan fingerprint density at radius 1 is 1.11 bits per heavy atom. The second-order valence-electron chi connectivity index (χ2n) is 6.21. The van der Waals surface area contributed by atoms with Crippen molar-refractivity contribution in [3.63, 3.8) is 0 Å².